The highest BCUT2D eigenvalue weighted by molar-refractivity contribution is 7.91. The van der Waals surface area contributed by atoms with E-state index in [-0.39, 0.29) is 22.9 Å². The van der Waals surface area contributed by atoms with Gasteiger partial charge in [-0.1, -0.05) is 12.1 Å². The van der Waals surface area contributed by atoms with Crippen LogP contribution in [0.1, 0.15) is 5.56 Å². The van der Waals surface area contributed by atoms with E-state index in [1.54, 1.807) is 19.1 Å². The minimum absolute atomic E-state index is 0.0333. The van der Waals surface area contributed by atoms with Crippen molar-refractivity contribution in [2.75, 3.05) is 31.3 Å². The first-order chi connectivity index (χ1) is 8.55. The average Bonchev–Trinajstić information content (AvgIpc) is 2.24. The van der Waals surface area contributed by atoms with Gasteiger partial charge in [-0.05, 0) is 18.6 Å². The van der Waals surface area contributed by atoms with Crippen LogP contribution in [0.15, 0.2) is 23.1 Å². The van der Waals surface area contributed by atoms with Gasteiger partial charge in [-0.15, -0.1) is 0 Å². The van der Waals surface area contributed by atoms with Crippen molar-refractivity contribution in [3.05, 3.63) is 23.8 Å². The van der Waals surface area contributed by atoms with Crippen molar-refractivity contribution in [3.63, 3.8) is 0 Å². The zero-order valence-electron chi connectivity index (χ0n) is 11.1. The predicted molar refractivity (Wildman–Crippen MR) is 75.1 cm³/mol. The number of hydrogen-bond acceptors (Lipinski definition) is 5. The molecule has 1 aromatic rings. The van der Waals surface area contributed by atoms with Gasteiger partial charge < -0.3 is 5.73 Å². The number of sulfonamides is 1. The topological polar surface area (TPSA) is 97.5 Å². The summed E-state index contributed by atoms with van der Waals surface area (Å²) in [7, 11) is -5.66. The number of rotatable bonds is 5. The van der Waals surface area contributed by atoms with Gasteiger partial charge in [0.15, 0.2) is 0 Å². The van der Waals surface area contributed by atoms with Crippen molar-refractivity contribution in [2.24, 2.45) is 0 Å². The lowest BCUT2D eigenvalue weighted by molar-refractivity contribution is 0.484. The molecule has 0 unspecified atom stereocenters. The molecule has 108 valence electrons. The van der Waals surface area contributed by atoms with Gasteiger partial charge in [0.1, 0.15) is 14.7 Å². The van der Waals surface area contributed by atoms with E-state index in [2.05, 4.69) is 0 Å². The van der Waals surface area contributed by atoms with Crippen LogP contribution in [-0.4, -0.2) is 46.7 Å². The van der Waals surface area contributed by atoms with Gasteiger partial charge >= 0.3 is 0 Å². The van der Waals surface area contributed by atoms with Gasteiger partial charge in [-0.25, -0.2) is 16.8 Å². The molecule has 0 aliphatic carbocycles. The number of sulfone groups is 1. The number of nitrogens with two attached hydrogens (primary N) is 1. The van der Waals surface area contributed by atoms with Crippen LogP contribution in [0.3, 0.4) is 0 Å². The highest BCUT2D eigenvalue weighted by Gasteiger charge is 2.25. The van der Waals surface area contributed by atoms with Crippen LogP contribution in [0, 0.1) is 6.92 Å². The lowest BCUT2D eigenvalue weighted by Crippen LogP contribution is -2.32. The Bertz CT molecular complexity index is 646. The second-order valence-electron chi connectivity index (χ2n) is 4.45. The Morgan fingerprint density at radius 3 is 2.26 bits per heavy atom. The summed E-state index contributed by atoms with van der Waals surface area (Å²) in [6.07, 6.45) is 1.07. The summed E-state index contributed by atoms with van der Waals surface area (Å²) in [5, 5.41) is 0. The number of benzene rings is 1. The zero-order chi connectivity index (χ0) is 14.8. The molecule has 0 spiro atoms. The normalized spacial score (nSPS) is 12.8. The highest BCUT2D eigenvalue weighted by Crippen LogP contribution is 2.24. The van der Waals surface area contributed by atoms with Crippen molar-refractivity contribution < 1.29 is 16.8 Å². The van der Waals surface area contributed by atoms with Crippen molar-refractivity contribution >= 4 is 25.5 Å². The lowest BCUT2D eigenvalue weighted by Gasteiger charge is -2.19. The minimum Gasteiger partial charge on any atom is -0.398 e. The molecule has 0 fully saturated rings. The molecule has 8 heteroatoms. The van der Waals surface area contributed by atoms with Crippen LogP contribution in [0.2, 0.25) is 0 Å². The maximum absolute atomic E-state index is 12.3. The molecule has 1 aromatic carbocycles. The number of nitrogen functional groups attached to an aromatic ring is 1. The molecule has 0 radical (unpaired) electrons. The maximum atomic E-state index is 12.3. The van der Waals surface area contributed by atoms with E-state index in [9.17, 15) is 16.8 Å². The Morgan fingerprint density at radius 1 is 1.21 bits per heavy atom. The second kappa shape index (κ2) is 5.48. The van der Waals surface area contributed by atoms with Crippen LogP contribution in [-0.2, 0) is 19.9 Å². The highest BCUT2D eigenvalue weighted by atomic mass is 32.2. The summed E-state index contributed by atoms with van der Waals surface area (Å²) < 4.78 is 47.9. The summed E-state index contributed by atoms with van der Waals surface area (Å²) in [6.45, 7) is 1.54. The van der Waals surface area contributed by atoms with Gasteiger partial charge in [-0.2, -0.15) is 4.31 Å². The third-order valence-electron chi connectivity index (χ3n) is 2.69. The zero-order valence-corrected chi connectivity index (χ0v) is 12.8. The fourth-order valence-corrected chi connectivity index (χ4v) is 3.80. The van der Waals surface area contributed by atoms with Crippen LogP contribution >= 0.6 is 0 Å². The molecule has 6 nitrogen and oxygen atoms in total. The van der Waals surface area contributed by atoms with E-state index in [4.69, 9.17) is 5.73 Å². The Balaban J connectivity index is 3.11. The summed E-state index contributed by atoms with van der Waals surface area (Å²) in [4.78, 5) is 0.0333. The maximum Gasteiger partial charge on any atom is 0.245 e. The van der Waals surface area contributed by atoms with Crippen LogP contribution in [0.4, 0.5) is 5.69 Å². The van der Waals surface area contributed by atoms with Crippen LogP contribution in [0.5, 0.6) is 0 Å². The molecule has 0 bridgehead atoms. The number of hydrogen-bond donors (Lipinski definition) is 1. The first-order valence-corrected chi connectivity index (χ1v) is 9.05. The molecular weight excluding hydrogens is 288 g/mol. The van der Waals surface area contributed by atoms with Crippen molar-refractivity contribution in [2.45, 2.75) is 11.8 Å². The Kier molecular flexibility index (Phi) is 4.59. The van der Waals surface area contributed by atoms with E-state index in [1.165, 1.54) is 13.1 Å². The van der Waals surface area contributed by atoms with Gasteiger partial charge in [-0.3, -0.25) is 0 Å². The molecule has 2 N–H and O–H groups in total. The molecule has 0 saturated carbocycles. The average molecular weight is 306 g/mol. The van der Waals surface area contributed by atoms with Crippen molar-refractivity contribution in [1.29, 1.82) is 0 Å². The first kappa shape index (κ1) is 15.9. The molecule has 1 rings (SSSR count). The largest absolute Gasteiger partial charge is 0.398 e. The molecule has 0 heterocycles. The Labute approximate surface area is 114 Å². The second-order valence-corrected chi connectivity index (χ2v) is 8.69. The summed E-state index contributed by atoms with van der Waals surface area (Å²) in [5.74, 6) is -0.228. The fraction of sp³-hybridized carbons (Fsp3) is 0.455. The molecular formula is C11H18N2O4S2. The van der Waals surface area contributed by atoms with E-state index in [0.717, 1.165) is 10.6 Å². The van der Waals surface area contributed by atoms with Gasteiger partial charge in [0.25, 0.3) is 0 Å². The predicted octanol–water partition coefficient (Wildman–Crippen LogP) is 0.242. The van der Waals surface area contributed by atoms with Gasteiger partial charge in [0, 0.05) is 19.8 Å². The van der Waals surface area contributed by atoms with E-state index in [0.29, 0.717) is 5.56 Å². The fourth-order valence-electron chi connectivity index (χ4n) is 1.60. The molecule has 0 aromatic heterocycles. The molecule has 0 aliphatic heterocycles. The smallest absolute Gasteiger partial charge is 0.245 e. The third-order valence-corrected chi connectivity index (χ3v) is 5.69. The van der Waals surface area contributed by atoms with E-state index in [1.807, 2.05) is 0 Å². The molecule has 19 heavy (non-hydrogen) atoms. The summed E-state index contributed by atoms with van der Waals surface area (Å²) in [5.41, 5.74) is 6.40. The monoisotopic (exact) mass is 306 g/mol. The van der Waals surface area contributed by atoms with Gasteiger partial charge in [0.2, 0.25) is 10.0 Å². The summed E-state index contributed by atoms with van der Waals surface area (Å²) in [6, 6.07) is 4.82. The van der Waals surface area contributed by atoms with Gasteiger partial charge in [0.05, 0.1) is 11.4 Å². The number of nitrogens with zero attached hydrogens (tertiary/aromatic N) is 1. The molecule has 0 atom stereocenters. The van der Waals surface area contributed by atoms with Crippen molar-refractivity contribution in [3.8, 4) is 0 Å². The lowest BCUT2D eigenvalue weighted by atomic mass is 10.2. The van der Waals surface area contributed by atoms with Crippen molar-refractivity contribution in [1.82, 2.24) is 4.31 Å². The van der Waals surface area contributed by atoms with Crippen LogP contribution < -0.4 is 5.73 Å². The number of aryl methyl sites for hydroxylation is 1. The molecule has 0 amide bonds. The third kappa shape index (κ3) is 3.92. The molecule has 0 saturated heterocycles. The Morgan fingerprint density at radius 2 is 1.79 bits per heavy atom. The van der Waals surface area contributed by atoms with E-state index < -0.39 is 19.9 Å². The van der Waals surface area contributed by atoms with Crippen LogP contribution in [0.25, 0.3) is 0 Å². The van der Waals surface area contributed by atoms with E-state index >= 15 is 0 Å². The standard InChI is InChI=1S/C11H18N2O4S2/c1-9-5-4-6-10(12)11(9)19(16,17)13(2)7-8-18(3,14)15/h4-6H,7-8,12H2,1-3H3. The SMILES string of the molecule is Cc1cccc(N)c1S(=O)(=O)N(C)CCS(C)(=O)=O. The first-order valence-electron chi connectivity index (χ1n) is 5.55. The summed E-state index contributed by atoms with van der Waals surface area (Å²) >= 11 is 0. The molecule has 0 aliphatic rings. The quantitative estimate of drug-likeness (QED) is 0.786. The Hall–Kier alpha value is -1.12. The minimum atomic E-state index is -3.78. The number of anilines is 1.